The van der Waals surface area contributed by atoms with Gasteiger partial charge in [0.05, 0.1) is 0 Å². The van der Waals surface area contributed by atoms with Crippen molar-refractivity contribution in [2.75, 3.05) is 0 Å². The fourth-order valence-electron chi connectivity index (χ4n) is 9.63. The number of hydrogen-bond donors (Lipinski definition) is 0. The summed E-state index contributed by atoms with van der Waals surface area (Å²) in [7, 11) is 0. The predicted molar refractivity (Wildman–Crippen MR) is 249 cm³/mol. The van der Waals surface area contributed by atoms with Crippen molar-refractivity contribution in [3.8, 4) is 0 Å². The summed E-state index contributed by atoms with van der Waals surface area (Å²) in [4.78, 5) is 17.8. The summed E-state index contributed by atoms with van der Waals surface area (Å²) in [6, 6.07) is 84.4. The molecule has 0 aliphatic heterocycles. The summed E-state index contributed by atoms with van der Waals surface area (Å²) in [6.07, 6.45) is 4.60. The van der Waals surface area contributed by atoms with Gasteiger partial charge in [-0.3, -0.25) is 4.79 Å². The monoisotopic (exact) mass is 766 g/mol. The molecule has 0 heterocycles. The van der Waals surface area contributed by atoms with Crippen molar-refractivity contribution >= 4 is 39.2 Å². The number of carbonyl (C=O) groups excluding carboxylic acids is 1. The summed E-state index contributed by atoms with van der Waals surface area (Å²) >= 11 is 0. The second-order valence-electron chi connectivity index (χ2n) is 15.5. The van der Waals surface area contributed by atoms with Gasteiger partial charge in [0.1, 0.15) is 10.8 Å². The number of ketones is 1. The number of carbonyl (C=O) groups is 1. The Morgan fingerprint density at radius 1 is 0.267 bits per heavy atom. The van der Waals surface area contributed by atoms with Crippen molar-refractivity contribution in [1.29, 1.82) is 0 Å². The van der Waals surface area contributed by atoms with Gasteiger partial charge in [-0.25, -0.2) is 0 Å². The summed E-state index contributed by atoms with van der Waals surface area (Å²) < 4.78 is 0. The Labute approximate surface area is 352 Å². The molecule has 0 bridgehead atoms. The van der Waals surface area contributed by atoms with Gasteiger partial charge in [0.2, 0.25) is 0 Å². The van der Waals surface area contributed by atoms with E-state index in [-0.39, 0.29) is 5.78 Å². The van der Waals surface area contributed by atoms with E-state index in [1.165, 1.54) is 0 Å². The van der Waals surface area contributed by atoms with Crippen LogP contribution >= 0.6 is 0 Å². The smallest absolute Gasteiger partial charge is 0.170 e. The number of rotatable bonds is 10. The van der Waals surface area contributed by atoms with Crippen LogP contribution in [0.4, 0.5) is 0 Å². The van der Waals surface area contributed by atoms with E-state index in [4.69, 9.17) is 0 Å². The first-order valence-electron chi connectivity index (χ1n) is 20.6. The second-order valence-corrected chi connectivity index (χ2v) is 15.5. The van der Waals surface area contributed by atoms with Crippen LogP contribution in [0.15, 0.2) is 255 Å². The topological polar surface area (TPSA) is 17.1 Å². The quantitative estimate of drug-likeness (QED) is 0.135. The van der Waals surface area contributed by atoms with Crippen LogP contribution in [0.25, 0.3) is 33.4 Å². The van der Waals surface area contributed by atoms with Crippen LogP contribution in [0.2, 0.25) is 0 Å². The average molecular weight is 767 g/mol. The predicted octanol–water partition coefficient (Wildman–Crippen LogP) is 13.8. The fourth-order valence-corrected chi connectivity index (χ4v) is 9.63. The highest BCUT2D eigenvalue weighted by molar-refractivity contribution is 6.35. The van der Waals surface area contributed by atoms with Gasteiger partial charge in [0, 0.05) is 0 Å². The van der Waals surface area contributed by atoms with Gasteiger partial charge in [-0.1, -0.05) is 255 Å². The lowest BCUT2D eigenvalue weighted by atomic mass is 9.58. The largest absolute Gasteiger partial charge is 0.296 e. The minimum Gasteiger partial charge on any atom is -0.296 e. The molecule has 2 aliphatic rings. The minimum atomic E-state index is -1.28. The first kappa shape index (κ1) is 36.7. The lowest BCUT2D eigenvalue weighted by molar-refractivity contribution is -0.123. The molecule has 2 aliphatic carbocycles. The molecule has 8 aromatic carbocycles. The molecular formula is C59H42O. The van der Waals surface area contributed by atoms with Gasteiger partial charge in [-0.15, -0.1) is 0 Å². The van der Waals surface area contributed by atoms with E-state index >= 15 is 4.79 Å². The molecule has 0 spiro atoms. The molecule has 0 radical (unpaired) electrons. The first-order valence-corrected chi connectivity index (χ1v) is 20.6. The molecule has 284 valence electrons. The van der Waals surface area contributed by atoms with Crippen molar-refractivity contribution < 1.29 is 4.79 Å². The average Bonchev–Trinajstić information content (AvgIpc) is 3.90. The molecule has 8 aromatic rings. The molecular weight excluding hydrogens is 725 g/mol. The van der Waals surface area contributed by atoms with Crippen molar-refractivity contribution in [2.45, 2.75) is 10.8 Å². The van der Waals surface area contributed by atoms with E-state index in [9.17, 15) is 0 Å². The maximum Gasteiger partial charge on any atom is 0.170 e. The summed E-state index contributed by atoms with van der Waals surface area (Å²) in [6.45, 7) is 0. The number of allylic oxidation sites excluding steroid dienone is 8. The molecule has 0 aromatic heterocycles. The van der Waals surface area contributed by atoms with Crippen LogP contribution in [0, 0.1) is 0 Å². The van der Waals surface area contributed by atoms with E-state index in [0.717, 1.165) is 77.9 Å². The third-order valence-corrected chi connectivity index (χ3v) is 12.1. The van der Waals surface area contributed by atoms with Gasteiger partial charge in [0.25, 0.3) is 0 Å². The molecule has 0 saturated heterocycles. The van der Waals surface area contributed by atoms with Crippen molar-refractivity contribution in [1.82, 2.24) is 0 Å². The zero-order chi connectivity index (χ0) is 40.4. The Hall–Kier alpha value is -7.61. The van der Waals surface area contributed by atoms with Gasteiger partial charge in [-0.05, 0) is 77.9 Å². The molecule has 0 fully saturated rings. The molecule has 0 N–H and O–H groups in total. The van der Waals surface area contributed by atoms with E-state index in [1.807, 2.05) is 12.1 Å². The minimum absolute atomic E-state index is 0.0591. The third kappa shape index (κ3) is 6.06. The summed E-state index contributed by atoms with van der Waals surface area (Å²) in [5.74, 6) is 0.0591. The standard InChI is InChI=1S/C59H42O/c60-57(58(49-37-21-7-22-38-49)41-51(43-25-9-1-10-26-43)53(45-29-13-3-14-30-45)55(58)47-33-17-5-18-34-47)59(50-39-23-8-24-40-50)42-52(44-27-11-2-12-28-44)54(46-31-15-4-16-32-46)56(59)48-35-19-6-20-36-48/h1-42H. The SMILES string of the molecule is O=C(C1(c2ccccc2)C=C(c2ccccc2)C(c2ccccc2)=C1c1ccccc1)C1(c2ccccc2)C=C(c2ccccc2)C(c2ccccc2)=C1c1ccccc1. The molecule has 1 heteroatoms. The van der Waals surface area contributed by atoms with Gasteiger partial charge < -0.3 is 0 Å². The van der Waals surface area contributed by atoms with Gasteiger partial charge >= 0.3 is 0 Å². The lowest BCUT2D eigenvalue weighted by Crippen LogP contribution is -2.48. The second kappa shape index (κ2) is 15.6. The van der Waals surface area contributed by atoms with E-state index in [2.05, 4.69) is 243 Å². The van der Waals surface area contributed by atoms with Crippen LogP contribution in [-0.2, 0) is 15.6 Å². The summed E-state index contributed by atoms with van der Waals surface area (Å²) in [5, 5.41) is 0. The molecule has 0 saturated carbocycles. The molecule has 1 nitrogen and oxygen atoms in total. The maximum atomic E-state index is 17.8. The third-order valence-electron chi connectivity index (χ3n) is 12.1. The van der Waals surface area contributed by atoms with Gasteiger partial charge in [0.15, 0.2) is 5.78 Å². The highest BCUT2D eigenvalue weighted by Gasteiger charge is 2.59. The van der Waals surface area contributed by atoms with E-state index in [0.29, 0.717) is 0 Å². The summed E-state index contributed by atoms with van der Waals surface area (Å²) in [5.41, 5.74) is 11.6. The Morgan fingerprint density at radius 3 is 0.783 bits per heavy atom. The first-order chi connectivity index (χ1) is 29.7. The zero-order valence-electron chi connectivity index (χ0n) is 33.2. The number of benzene rings is 8. The molecule has 0 amide bonds. The Balaban J connectivity index is 1.42. The van der Waals surface area contributed by atoms with E-state index in [1.54, 1.807) is 0 Å². The fraction of sp³-hybridized carbons (Fsp3) is 0.0339. The normalized spacial score (nSPS) is 18.6. The Kier molecular flexibility index (Phi) is 9.56. The highest BCUT2D eigenvalue weighted by atomic mass is 16.1. The number of Topliss-reactive ketones (excluding diaryl/α,β-unsaturated/α-hetero) is 1. The van der Waals surface area contributed by atoms with Crippen LogP contribution in [0.3, 0.4) is 0 Å². The van der Waals surface area contributed by atoms with E-state index < -0.39 is 10.8 Å². The zero-order valence-corrected chi connectivity index (χ0v) is 33.2. The van der Waals surface area contributed by atoms with Crippen LogP contribution in [0.5, 0.6) is 0 Å². The maximum absolute atomic E-state index is 17.8. The lowest BCUT2D eigenvalue weighted by Gasteiger charge is -2.41. The molecule has 2 unspecified atom stereocenters. The van der Waals surface area contributed by atoms with Crippen molar-refractivity contribution in [3.63, 3.8) is 0 Å². The van der Waals surface area contributed by atoms with Crippen molar-refractivity contribution in [3.05, 3.63) is 299 Å². The van der Waals surface area contributed by atoms with Crippen molar-refractivity contribution in [2.24, 2.45) is 0 Å². The Bertz CT molecular complexity index is 2710. The van der Waals surface area contributed by atoms with Gasteiger partial charge in [-0.2, -0.15) is 0 Å². The molecule has 60 heavy (non-hydrogen) atoms. The van der Waals surface area contributed by atoms with Crippen LogP contribution in [0.1, 0.15) is 44.5 Å². The van der Waals surface area contributed by atoms with Crippen LogP contribution in [-0.4, -0.2) is 5.78 Å². The molecule has 2 atom stereocenters. The molecule has 10 rings (SSSR count). The Morgan fingerprint density at radius 2 is 0.500 bits per heavy atom. The number of hydrogen-bond acceptors (Lipinski definition) is 1. The highest BCUT2D eigenvalue weighted by Crippen LogP contribution is 2.63. The van der Waals surface area contributed by atoms with Crippen LogP contribution < -0.4 is 0 Å².